The highest BCUT2D eigenvalue weighted by Crippen LogP contribution is 2.36. The van der Waals surface area contributed by atoms with Gasteiger partial charge in [-0.05, 0) is 56.2 Å². The number of hydrogen-bond acceptors (Lipinski definition) is 6. The van der Waals surface area contributed by atoms with Gasteiger partial charge in [-0.3, -0.25) is 14.2 Å². The van der Waals surface area contributed by atoms with Crippen LogP contribution >= 0.6 is 23.1 Å². The number of carbonyl (C=O) groups is 1. The molecule has 2 aliphatic rings. The molecule has 0 bridgehead atoms. The zero-order valence-corrected chi connectivity index (χ0v) is 17.2. The number of rotatable bonds is 4. The lowest BCUT2D eigenvalue weighted by Crippen LogP contribution is -2.27. The lowest BCUT2D eigenvalue weighted by molar-refractivity contribution is -0.119. The molecule has 146 valence electrons. The SMILES string of the molecule is O=C1CCCCC1Sc1nc2sc3c(c2c(=O)n1Cc1ccco1)CCCC3. The number of aryl methyl sites for hydroxylation is 2. The summed E-state index contributed by atoms with van der Waals surface area (Å²) in [6, 6.07) is 3.70. The molecule has 0 amide bonds. The molecular formula is C21H22N2O3S2. The van der Waals surface area contributed by atoms with Gasteiger partial charge in [0.05, 0.1) is 23.4 Å². The van der Waals surface area contributed by atoms with E-state index in [1.54, 1.807) is 22.2 Å². The first-order chi connectivity index (χ1) is 13.7. The molecule has 5 nitrogen and oxygen atoms in total. The van der Waals surface area contributed by atoms with Crippen molar-refractivity contribution < 1.29 is 9.21 Å². The van der Waals surface area contributed by atoms with Crippen LogP contribution in [0.1, 0.15) is 54.7 Å². The molecule has 3 heterocycles. The Kier molecular flexibility index (Phi) is 4.88. The van der Waals surface area contributed by atoms with Gasteiger partial charge in [-0.2, -0.15) is 0 Å². The fraction of sp³-hybridized carbons (Fsp3) is 0.476. The standard InChI is InChI=1S/C21H22N2O3S2/c24-15-8-2-4-10-17(15)28-21-22-19-18(14-7-1-3-9-16(14)27-19)20(25)23(21)12-13-6-5-11-26-13/h5-6,11,17H,1-4,7-10,12H2. The summed E-state index contributed by atoms with van der Waals surface area (Å²) in [5.41, 5.74) is 1.20. The third-order valence-corrected chi connectivity index (χ3v) is 8.17. The maximum absolute atomic E-state index is 13.5. The van der Waals surface area contributed by atoms with Crippen molar-refractivity contribution in [1.29, 1.82) is 0 Å². The highest BCUT2D eigenvalue weighted by atomic mass is 32.2. The average molecular weight is 415 g/mol. The van der Waals surface area contributed by atoms with Crippen LogP contribution in [0, 0.1) is 0 Å². The van der Waals surface area contributed by atoms with Gasteiger partial charge in [0, 0.05) is 11.3 Å². The Hall–Kier alpha value is -1.86. The highest BCUT2D eigenvalue weighted by Gasteiger charge is 2.27. The van der Waals surface area contributed by atoms with E-state index in [1.165, 1.54) is 28.6 Å². The van der Waals surface area contributed by atoms with Gasteiger partial charge in [-0.25, -0.2) is 4.98 Å². The van der Waals surface area contributed by atoms with E-state index in [0.717, 1.165) is 54.5 Å². The van der Waals surface area contributed by atoms with Gasteiger partial charge < -0.3 is 4.42 Å². The monoisotopic (exact) mass is 414 g/mol. The van der Waals surface area contributed by atoms with E-state index < -0.39 is 0 Å². The second-order valence-electron chi connectivity index (χ2n) is 7.57. The van der Waals surface area contributed by atoms with Gasteiger partial charge in [0.2, 0.25) is 0 Å². The number of Topliss-reactive ketones (excluding diaryl/α,β-unsaturated/α-hetero) is 1. The first kappa shape index (κ1) is 18.2. The average Bonchev–Trinajstić information content (AvgIpc) is 3.33. The van der Waals surface area contributed by atoms with Crippen LogP contribution in [0.4, 0.5) is 0 Å². The molecular weight excluding hydrogens is 392 g/mol. The zero-order valence-electron chi connectivity index (χ0n) is 15.6. The van der Waals surface area contributed by atoms with Crippen LogP contribution in [0.15, 0.2) is 32.8 Å². The summed E-state index contributed by atoms with van der Waals surface area (Å²) in [7, 11) is 0. The first-order valence-electron chi connectivity index (χ1n) is 9.97. The molecule has 28 heavy (non-hydrogen) atoms. The number of fused-ring (bicyclic) bond motifs is 3. The second kappa shape index (κ2) is 7.52. The first-order valence-corrected chi connectivity index (χ1v) is 11.7. The summed E-state index contributed by atoms with van der Waals surface area (Å²) in [6.45, 7) is 0.350. The van der Waals surface area contributed by atoms with E-state index in [0.29, 0.717) is 18.1 Å². The molecule has 1 fully saturated rings. The highest BCUT2D eigenvalue weighted by molar-refractivity contribution is 8.00. The summed E-state index contributed by atoms with van der Waals surface area (Å²) >= 11 is 3.12. The van der Waals surface area contributed by atoms with Crippen molar-refractivity contribution in [1.82, 2.24) is 9.55 Å². The van der Waals surface area contributed by atoms with Crippen molar-refractivity contribution in [2.45, 2.75) is 68.3 Å². The molecule has 1 atom stereocenters. The second-order valence-corrected chi connectivity index (χ2v) is 9.83. The van der Waals surface area contributed by atoms with E-state index in [-0.39, 0.29) is 16.6 Å². The third-order valence-electron chi connectivity index (χ3n) is 5.68. The number of hydrogen-bond donors (Lipinski definition) is 0. The van der Waals surface area contributed by atoms with Crippen molar-refractivity contribution in [3.05, 3.63) is 45.0 Å². The van der Waals surface area contributed by atoms with Crippen LogP contribution in [0.5, 0.6) is 0 Å². The molecule has 5 rings (SSSR count). The lowest BCUT2D eigenvalue weighted by atomic mass is 9.97. The summed E-state index contributed by atoms with van der Waals surface area (Å²) in [5.74, 6) is 1.00. The Bertz CT molecular complexity index is 1080. The summed E-state index contributed by atoms with van der Waals surface area (Å²) in [4.78, 5) is 32.9. The van der Waals surface area contributed by atoms with Gasteiger partial charge >= 0.3 is 0 Å². The van der Waals surface area contributed by atoms with Crippen molar-refractivity contribution >= 4 is 39.1 Å². The van der Waals surface area contributed by atoms with Crippen LogP contribution < -0.4 is 5.56 Å². The van der Waals surface area contributed by atoms with Crippen LogP contribution in [-0.2, 0) is 24.2 Å². The molecule has 7 heteroatoms. The topological polar surface area (TPSA) is 65.1 Å². The number of ketones is 1. The number of thiophene rings is 1. The van der Waals surface area contributed by atoms with Crippen LogP contribution in [-0.4, -0.2) is 20.6 Å². The Labute approximate surface area is 171 Å². The Morgan fingerprint density at radius 3 is 2.86 bits per heavy atom. The van der Waals surface area contributed by atoms with Crippen LogP contribution in [0.3, 0.4) is 0 Å². The van der Waals surface area contributed by atoms with Crippen LogP contribution in [0.25, 0.3) is 10.2 Å². The number of furan rings is 1. The maximum atomic E-state index is 13.5. The predicted molar refractivity (Wildman–Crippen MR) is 111 cm³/mol. The fourth-order valence-corrected chi connectivity index (χ4v) is 6.73. The molecule has 1 saturated carbocycles. The van der Waals surface area contributed by atoms with E-state index in [2.05, 4.69) is 0 Å². The number of aromatic nitrogens is 2. The fourth-order valence-electron chi connectivity index (χ4n) is 4.21. The number of thioether (sulfide) groups is 1. The minimum atomic E-state index is -0.101. The number of carbonyl (C=O) groups excluding carboxylic acids is 1. The maximum Gasteiger partial charge on any atom is 0.263 e. The number of nitrogens with zero attached hydrogens (tertiary/aromatic N) is 2. The van der Waals surface area contributed by atoms with Gasteiger partial charge in [0.25, 0.3) is 5.56 Å². The van der Waals surface area contributed by atoms with E-state index in [1.807, 2.05) is 12.1 Å². The molecule has 2 aliphatic carbocycles. The molecule has 3 aromatic heterocycles. The molecule has 0 saturated heterocycles. The summed E-state index contributed by atoms with van der Waals surface area (Å²) in [5, 5.41) is 1.33. The van der Waals surface area contributed by atoms with E-state index >= 15 is 0 Å². The normalized spacial score (nSPS) is 19.9. The van der Waals surface area contributed by atoms with Gasteiger partial charge in [0.15, 0.2) is 5.16 Å². The zero-order chi connectivity index (χ0) is 19.1. The van der Waals surface area contributed by atoms with Crippen LogP contribution in [0.2, 0.25) is 0 Å². The third kappa shape index (κ3) is 3.24. The van der Waals surface area contributed by atoms with Crippen molar-refractivity contribution in [2.75, 3.05) is 0 Å². The lowest BCUT2D eigenvalue weighted by Gasteiger charge is -2.21. The molecule has 1 unspecified atom stereocenters. The van der Waals surface area contributed by atoms with Crippen molar-refractivity contribution in [2.24, 2.45) is 0 Å². The Balaban J connectivity index is 1.64. The predicted octanol–water partition coefficient (Wildman–Crippen LogP) is 4.58. The van der Waals surface area contributed by atoms with Crippen molar-refractivity contribution in [3.63, 3.8) is 0 Å². The molecule has 0 radical (unpaired) electrons. The molecule has 0 aliphatic heterocycles. The molecule has 3 aromatic rings. The van der Waals surface area contributed by atoms with Crippen molar-refractivity contribution in [3.8, 4) is 0 Å². The van der Waals surface area contributed by atoms with E-state index in [4.69, 9.17) is 9.40 Å². The largest absolute Gasteiger partial charge is 0.467 e. The smallest absolute Gasteiger partial charge is 0.263 e. The molecule has 0 spiro atoms. The summed E-state index contributed by atoms with van der Waals surface area (Å²) in [6.07, 6.45) is 9.45. The molecule has 0 aromatic carbocycles. The van der Waals surface area contributed by atoms with E-state index in [9.17, 15) is 9.59 Å². The minimum Gasteiger partial charge on any atom is -0.467 e. The van der Waals surface area contributed by atoms with Gasteiger partial charge in [0.1, 0.15) is 16.4 Å². The Morgan fingerprint density at radius 2 is 2.04 bits per heavy atom. The quantitative estimate of drug-likeness (QED) is 0.585. The van der Waals surface area contributed by atoms with Gasteiger partial charge in [-0.1, -0.05) is 18.2 Å². The Morgan fingerprint density at radius 1 is 1.18 bits per heavy atom. The molecule has 0 N–H and O–H groups in total. The van der Waals surface area contributed by atoms with Gasteiger partial charge in [-0.15, -0.1) is 11.3 Å². The summed E-state index contributed by atoms with van der Waals surface area (Å²) < 4.78 is 7.22. The minimum absolute atomic E-state index is 0.00607.